The Morgan fingerprint density at radius 2 is 1.79 bits per heavy atom. The Hall–Kier alpha value is -2.19. The topological polar surface area (TPSA) is 77.6 Å². The van der Waals surface area contributed by atoms with Crippen LogP contribution in [0.25, 0.3) is 0 Å². The van der Waals surface area contributed by atoms with Crippen LogP contribution in [0.1, 0.15) is 6.92 Å². The van der Waals surface area contributed by atoms with E-state index in [4.69, 9.17) is 23.2 Å². The third-order valence-electron chi connectivity index (χ3n) is 4.83. The Labute approximate surface area is 180 Å². The molecule has 0 aliphatic carbocycles. The van der Waals surface area contributed by atoms with Crippen molar-refractivity contribution in [1.29, 1.82) is 0 Å². The molecule has 1 fully saturated rings. The summed E-state index contributed by atoms with van der Waals surface area (Å²) in [5.41, 5.74) is 0.610. The second kappa shape index (κ2) is 10.0. The summed E-state index contributed by atoms with van der Waals surface area (Å²) < 4.78 is 0. The third kappa shape index (κ3) is 6.14. The number of benzene rings is 1. The van der Waals surface area contributed by atoms with Crippen LogP contribution in [0.5, 0.6) is 0 Å². The van der Waals surface area contributed by atoms with Crippen LogP contribution >= 0.6 is 23.2 Å². The molecule has 3 rings (SSSR count). The zero-order valence-electron chi connectivity index (χ0n) is 16.1. The Bertz CT molecular complexity index is 854. The van der Waals surface area contributed by atoms with E-state index in [0.29, 0.717) is 47.7 Å². The minimum Gasteiger partial charge on any atom is -0.324 e. The van der Waals surface area contributed by atoms with Crippen LogP contribution in [-0.4, -0.2) is 65.4 Å². The van der Waals surface area contributed by atoms with Gasteiger partial charge in [0.2, 0.25) is 11.8 Å². The molecule has 0 radical (unpaired) electrons. The maximum Gasteiger partial charge on any atom is 0.242 e. The van der Waals surface area contributed by atoms with E-state index in [-0.39, 0.29) is 24.4 Å². The molecule has 9 heteroatoms. The van der Waals surface area contributed by atoms with Crippen LogP contribution in [0, 0.1) is 0 Å². The summed E-state index contributed by atoms with van der Waals surface area (Å²) in [6, 6.07) is 10.2. The summed E-state index contributed by atoms with van der Waals surface area (Å²) in [6.07, 6.45) is 1.49. The van der Waals surface area contributed by atoms with Gasteiger partial charge >= 0.3 is 0 Å². The van der Waals surface area contributed by atoms with E-state index >= 15 is 0 Å². The van der Waals surface area contributed by atoms with Gasteiger partial charge in [-0.3, -0.25) is 19.4 Å². The first-order valence-electron chi connectivity index (χ1n) is 9.35. The minimum absolute atomic E-state index is 0.105. The van der Waals surface area contributed by atoms with E-state index in [1.165, 1.54) is 6.20 Å². The van der Waals surface area contributed by atoms with Crippen molar-refractivity contribution >= 4 is 46.5 Å². The molecule has 2 heterocycles. The van der Waals surface area contributed by atoms with Gasteiger partial charge in [-0.15, -0.1) is 0 Å². The molecule has 2 amide bonds. The van der Waals surface area contributed by atoms with Gasteiger partial charge in [-0.2, -0.15) is 0 Å². The first kappa shape index (κ1) is 21.5. The fourth-order valence-electron chi connectivity index (χ4n) is 3.11. The van der Waals surface area contributed by atoms with Gasteiger partial charge in [-0.25, -0.2) is 4.98 Å². The maximum atomic E-state index is 12.5. The summed E-state index contributed by atoms with van der Waals surface area (Å²) in [4.78, 5) is 33.0. The van der Waals surface area contributed by atoms with Crippen LogP contribution in [0.3, 0.4) is 0 Å². The molecule has 1 atom stereocenters. The molecule has 154 valence electrons. The van der Waals surface area contributed by atoms with Crippen molar-refractivity contribution in [2.24, 2.45) is 0 Å². The number of nitrogens with one attached hydrogen (secondary N) is 2. The van der Waals surface area contributed by atoms with Crippen LogP contribution in [-0.2, 0) is 9.59 Å². The van der Waals surface area contributed by atoms with E-state index in [1.807, 2.05) is 19.1 Å². The van der Waals surface area contributed by atoms with Crippen molar-refractivity contribution < 1.29 is 9.59 Å². The monoisotopic (exact) mass is 435 g/mol. The smallest absolute Gasteiger partial charge is 0.242 e. The van der Waals surface area contributed by atoms with Gasteiger partial charge in [0.1, 0.15) is 5.82 Å². The van der Waals surface area contributed by atoms with Gasteiger partial charge in [0.25, 0.3) is 0 Å². The Balaban J connectivity index is 1.44. The average Bonchev–Trinajstić information content (AvgIpc) is 2.71. The van der Waals surface area contributed by atoms with Gasteiger partial charge < -0.3 is 10.6 Å². The lowest BCUT2D eigenvalue weighted by Gasteiger charge is -2.37. The fraction of sp³-hybridized carbons (Fsp3) is 0.350. The van der Waals surface area contributed by atoms with Crippen molar-refractivity contribution in [2.75, 3.05) is 43.4 Å². The standard InChI is InChI=1S/C20H23Cl2N5O2/c1-14(20(29)25-18-7-6-15(21)12-23-18)27-10-8-26(9-11-27)13-19(28)24-17-5-3-2-4-16(17)22/h2-7,12,14H,8-11,13H2,1H3,(H,24,28)(H,23,25,29). The normalized spacial score (nSPS) is 16.2. The van der Waals surface area contributed by atoms with Crippen LogP contribution < -0.4 is 10.6 Å². The van der Waals surface area contributed by atoms with E-state index < -0.39 is 0 Å². The Morgan fingerprint density at radius 1 is 1.07 bits per heavy atom. The van der Waals surface area contributed by atoms with E-state index in [1.54, 1.807) is 24.3 Å². The summed E-state index contributed by atoms with van der Waals surface area (Å²) in [5, 5.41) is 6.67. The number of amides is 2. The highest BCUT2D eigenvalue weighted by Gasteiger charge is 2.26. The Kier molecular flexibility index (Phi) is 7.44. The van der Waals surface area contributed by atoms with Gasteiger partial charge in [-0.05, 0) is 31.2 Å². The predicted molar refractivity (Wildman–Crippen MR) is 115 cm³/mol. The van der Waals surface area contributed by atoms with E-state index in [0.717, 1.165) is 0 Å². The zero-order valence-corrected chi connectivity index (χ0v) is 17.6. The number of aromatic nitrogens is 1. The first-order chi connectivity index (χ1) is 13.9. The molecule has 0 spiro atoms. The van der Waals surface area contributed by atoms with Crippen LogP contribution in [0.15, 0.2) is 42.6 Å². The zero-order chi connectivity index (χ0) is 20.8. The van der Waals surface area contributed by atoms with Crippen molar-refractivity contribution in [3.8, 4) is 0 Å². The molecule has 1 aromatic heterocycles. The molecule has 1 aromatic carbocycles. The molecule has 0 saturated carbocycles. The third-order valence-corrected chi connectivity index (χ3v) is 5.38. The largest absolute Gasteiger partial charge is 0.324 e. The number of hydrogen-bond donors (Lipinski definition) is 2. The number of hydrogen-bond acceptors (Lipinski definition) is 5. The lowest BCUT2D eigenvalue weighted by molar-refractivity contribution is -0.122. The maximum absolute atomic E-state index is 12.5. The number of halogens is 2. The lowest BCUT2D eigenvalue weighted by atomic mass is 10.2. The fourth-order valence-corrected chi connectivity index (χ4v) is 3.41. The predicted octanol–water partition coefficient (Wildman–Crippen LogP) is 2.97. The highest BCUT2D eigenvalue weighted by molar-refractivity contribution is 6.33. The summed E-state index contributed by atoms with van der Waals surface area (Å²) in [5.74, 6) is 0.247. The molecule has 1 aliphatic rings. The highest BCUT2D eigenvalue weighted by Crippen LogP contribution is 2.20. The number of piperazine rings is 1. The molecular weight excluding hydrogens is 413 g/mol. The van der Waals surface area contributed by atoms with Crippen molar-refractivity contribution in [1.82, 2.24) is 14.8 Å². The molecule has 29 heavy (non-hydrogen) atoms. The number of carbonyl (C=O) groups excluding carboxylic acids is 2. The molecule has 2 N–H and O–H groups in total. The van der Waals surface area contributed by atoms with Gasteiger partial charge in [0.05, 0.1) is 28.3 Å². The average molecular weight is 436 g/mol. The molecule has 2 aromatic rings. The number of rotatable bonds is 6. The van der Waals surface area contributed by atoms with Gasteiger partial charge in [0.15, 0.2) is 0 Å². The quantitative estimate of drug-likeness (QED) is 0.728. The number of carbonyl (C=O) groups is 2. The second-order valence-corrected chi connectivity index (χ2v) is 7.71. The molecule has 1 aliphatic heterocycles. The van der Waals surface area contributed by atoms with Crippen LogP contribution in [0.4, 0.5) is 11.5 Å². The summed E-state index contributed by atoms with van der Waals surface area (Å²) in [6.45, 7) is 4.95. The second-order valence-electron chi connectivity index (χ2n) is 6.87. The van der Waals surface area contributed by atoms with Gasteiger partial charge in [-0.1, -0.05) is 35.3 Å². The van der Waals surface area contributed by atoms with Crippen molar-refractivity contribution in [3.63, 3.8) is 0 Å². The summed E-state index contributed by atoms with van der Waals surface area (Å²) in [7, 11) is 0. The number of pyridine rings is 1. The first-order valence-corrected chi connectivity index (χ1v) is 10.1. The Morgan fingerprint density at radius 3 is 2.45 bits per heavy atom. The highest BCUT2D eigenvalue weighted by atomic mass is 35.5. The van der Waals surface area contributed by atoms with Crippen LogP contribution in [0.2, 0.25) is 10.0 Å². The number of nitrogens with zero attached hydrogens (tertiary/aromatic N) is 3. The lowest BCUT2D eigenvalue weighted by Crippen LogP contribution is -2.53. The van der Waals surface area contributed by atoms with Crippen molar-refractivity contribution in [2.45, 2.75) is 13.0 Å². The van der Waals surface area contributed by atoms with Gasteiger partial charge in [0, 0.05) is 32.4 Å². The molecule has 0 bridgehead atoms. The molecule has 1 unspecified atom stereocenters. The molecular formula is C20H23Cl2N5O2. The van der Waals surface area contributed by atoms with E-state index in [9.17, 15) is 9.59 Å². The molecule has 7 nitrogen and oxygen atoms in total. The van der Waals surface area contributed by atoms with E-state index in [2.05, 4.69) is 25.4 Å². The SMILES string of the molecule is CC(C(=O)Nc1ccc(Cl)cn1)N1CCN(CC(=O)Nc2ccccc2Cl)CC1. The summed E-state index contributed by atoms with van der Waals surface area (Å²) >= 11 is 11.9. The number of para-hydroxylation sites is 1. The molecule has 1 saturated heterocycles. The minimum atomic E-state index is -0.299. The van der Waals surface area contributed by atoms with Crippen molar-refractivity contribution in [3.05, 3.63) is 52.6 Å². The number of anilines is 2.